The maximum absolute atomic E-state index is 12.8. The lowest BCUT2D eigenvalue weighted by Crippen LogP contribution is -2.47. The molecule has 2 heterocycles. The smallest absolute Gasteiger partial charge is 0.324 e. The van der Waals surface area contributed by atoms with Gasteiger partial charge in [0.1, 0.15) is 11.7 Å². The second-order valence-electron chi connectivity index (χ2n) is 6.67. The van der Waals surface area contributed by atoms with Gasteiger partial charge in [-0.05, 0) is 17.6 Å². The fourth-order valence-corrected chi connectivity index (χ4v) is 4.50. The molecule has 1 aliphatic rings. The van der Waals surface area contributed by atoms with E-state index in [0.29, 0.717) is 17.9 Å². The molecule has 0 bridgehead atoms. The van der Waals surface area contributed by atoms with Crippen LogP contribution in [0.4, 0.5) is 0 Å². The fraction of sp³-hybridized carbons (Fsp3) is 0.389. The topological polar surface area (TPSA) is 94.4 Å². The molecule has 0 aliphatic carbocycles. The maximum atomic E-state index is 12.8. The van der Waals surface area contributed by atoms with Gasteiger partial charge >= 0.3 is 5.97 Å². The van der Waals surface area contributed by atoms with E-state index in [1.54, 1.807) is 18.5 Å². The molecule has 0 saturated heterocycles. The largest absolute Gasteiger partial charge is 0.468 e. The van der Waals surface area contributed by atoms with Crippen molar-refractivity contribution in [1.29, 1.82) is 0 Å². The summed E-state index contributed by atoms with van der Waals surface area (Å²) in [5, 5.41) is 9.42. The lowest BCUT2D eigenvalue weighted by atomic mass is 10.0. The quantitative estimate of drug-likeness (QED) is 0.721. The van der Waals surface area contributed by atoms with Crippen LogP contribution >= 0.6 is 0 Å². The summed E-state index contributed by atoms with van der Waals surface area (Å²) in [5.74, 6) is -0.858. The first-order chi connectivity index (χ1) is 12.8. The Morgan fingerprint density at radius 2 is 1.96 bits per heavy atom. The first-order valence-electron chi connectivity index (χ1n) is 8.57. The molecule has 9 heteroatoms. The van der Waals surface area contributed by atoms with E-state index in [9.17, 15) is 13.2 Å². The highest BCUT2D eigenvalue weighted by Gasteiger charge is 2.39. The number of esters is 1. The molecule has 3 rings (SSSR count). The number of nitrogens with zero attached hydrogens (tertiary/aromatic N) is 4. The molecule has 0 saturated carbocycles. The Morgan fingerprint density at radius 1 is 1.26 bits per heavy atom. The van der Waals surface area contributed by atoms with Gasteiger partial charge in [0.05, 0.1) is 25.9 Å². The average molecular weight is 390 g/mol. The van der Waals surface area contributed by atoms with Crippen LogP contribution in [-0.4, -0.2) is 46.8 Å². The summed E-state index contributed by atoms with van der Waals surface area (Å²) in [4.78, 5) is 12.2. The molecule has 1 aliphatic heterocycles. The van der Waals surface area contributed by atoms with Gasteiger partial charge < -0.3 is 4.74 Å². The Kier molecular flexibility index (Phi) is 5.43. The van der Waals surface area contributed by atoms with Gasteiger partial charge in [0.25, 0.3) is 0 Å². The van der Waals surface area contributed by atoms with Gasteiger partial charge in [-0.3, -0.25) is 4.79 Å². The Morgan fingerprint density at radius 3 is 2.59 bits per heavy atom. The zero-order valence-electron chi connectivity index (χ0n) is 15.4. The number of carbonyl (C=O) groups excluding carboxylic acids is 1. The van der Waals surface area contributed by atoms with Crippen LogP contribution < -0.4 is 0 Å². The van der Waals surface area contributed by atoms with E-state index < -0.39 is 22.0 Å². The monoisotopic (exact) mass is 390 g/mol. The standard InChI is InChI=1S/C18H22N4O4S/c1-13(2)17(18(23)26-3)22-12-15-16(9-10-27(22,24)25)21(20-19-15)11-14-7-5-4-6-8-14/h4-10,13,17H,11-12H2,1-3H3/t17-/m0/s1. The number of carbonyl (C=O) groups is 1. The Balaban J connectivity index is 1.98. The van der Waals surface area contributed by atoms with Gasteiger partial charge in [-0.2, -0.15) is 4.31 Å². The van der Waals surface area contributed by atoms with Crippen molar-refractivity contribution >= 4 is 22.1 Å². The lowest BCUT2D eigenvalue weighted by Gasteiger charge is -2.29. The summed E-state index contributed by atoms with van der Waals surface area (Å²) in [6, 6.07) is 8.77. The Bertz CT molecular complexity index is 951. The van der Waals surface area contributed by atoms with Crippen LogP contribution in [0.25, 0.3) is 6.08 Å². The number of rotatable bonds is 5. The van der Waals surface area contributed by atoms with Gasteiger partial charge in [0.15, 0.2) is 0 Å². The molecule has 0 spiro atoms. The van der Waals surface area contributed by atoms with Crippen molar-refractivity contribution in [3.63, 3.8) is 0 Å². The first-order valence-corrected chi connectivity index (χ1v) is 10.1. The molecule has 8 nitrogen and oxygen atoms in total. The van der Waals surface area contributed by atoms with E-state index in [-0.39, 0.29) is 12.5 Å². The number of hydrogen-bond donors (Lipinski definition) is 0. The molecule has 0 radical (unpaired) electrons. The van der Waals surface area contributed by atoms with E-state index in [4.69, 9.17) is 4.74 Å². The highest BCUT2D eigenvalue weighted by atomic mass is 32.2. The number of aromatic nitrogens is 3. The Hall–Kier alpha value is -2.52. The van der Waals surface area contributed by atoms with Gasteiger partial charge in [-0.1, -0.05) is 49.4 Å². The first kappa shape index (κ1) is 19.2. The second kappa shape index (κ2) is 7.61. The number of ether oxygens (including phenoxy) is 1. The van der Waals surface area contributed by atoms with Crippen molar-refractivity contribution < 1.29 is 17.9 Å². The SMILES string of the molecule is COC(=O)[C@H](C(C)C)N1Cc2nnn(Cc3ccccc3)c2C=CS1(=O)=O. The summed E-state index contributed by atoms with van der Waals surface area (Å²) < 4.78 is 33.2. The normalized spacial score (nSPS) is 17.3. The minimum absolute atomic E-state index is 0.0442. The van der Waals surface area contributed by atoms with Crippen molar-refractivity contribution in [2.45, 2.75) is 33.0 Å². The van der Waals surface area contributed by atoms with Crippen molar-refractivity contribution in [3.05, 3.63) is 52.7 Å². The molecule has 1 aromatic heterocycles. The van der Waals surface area contributed by atoms with Crippen LogP contribution in [0.2, 0.25) is 0 Å². The minimum Gasteiger partial charge on any atom is -0.468 e. The molecule has 1 atom stereocenters. The van der Waals surface area contributed by atoms with E-state index in [2.05, 4.69) is 10.3 Å². The number of hydrogen-bond acceptors (Lipinski definition) is 6. The predicted molar refractivity (Wildman–Crippen MR) is 99.7 cm³/mol. The third kappa shape index (κ3) is 3.93. The van der Waals surface area contributed by atoms with Gasteiger partial charge in [-0.25, -0.2) is 13.1 Å². The zero-order valence-corrected chi connectivity index (χ0v) is 16.3. The average Bonchev–Trinajstić information content (AvgIpc) is 2.95. The van der Waals surface area contributed by atoms with E-state index in [0.717, 1.165) is 15.3 Å². The molecule has 144 valence electrons. The highest BCUT2D eigenvalue weighted by molar-refractivity contribution is 7.92. The van der Waals surface area contributed by atoms with Crippen molar-refractivity contribution in [2.24, 2.45) is 5.92 Å². The number of sulfonamides is 1. The minimum atomic E-state index is -3.82. The summed E-state index contributed by atoms with van der Waals surface area (Å²) in [6.07, 6.45) is 1.49. The van der Waals surface area contributed by atoms with Crippen LogP contribution in [0.3, 0.4) is 0 Å². The third-order valence-corrected chi connectivity index (χ3v) is 5.93. The number of fused-ring (bicyclic) bond motifs is 1. The van der Waals surface area contributed by atoms with Crippen molar-refractivity contribution in [3.8, 4) is 0 Å². The lowest BCUT2D eigenvalue weighted by molar-refractivity contribution is -0.146. The van der Waals surface area contributed by atoms with Crippen molar-refractivity contribution in [2.75, 3.05) is 7.11 Å². The molecule has 27 heavy (non-hydrogen) atoms. The van der Waals surface area contributed by atoms with Gasteiger partial charge in [0.2, 0.25) is 10.0 Å². The second-order valence-corrected chi connectivity index (χ2v) is 8.44. The van der Waals surface area contributed by atoms with E-state index >= 15 is 0 Å². The van der Waals surface area contributed by atoms with Crippen LogP contribution in [0.5, 0.6) is 0 Å². The van der Waals surface area contributed by atoms with Crippen LogP contribution in [0.1, 0.15) is 30.8 Å². The molecular weight excluding hydrogens is 368 g/mol. The van der Waals surface area contributed by atoms with Crippen LogP contribution in [-0.2, 0) is 32.6 Å². The summed E-state index contributed by atoms with van der Waals surface area (Å²) >= 11 is 0. The molecule has 2 aromatic rings. The van der Waals surface area contributed by atoms with Crippen LogP contribution in [0.15, 0.2) is 35.7 Å². The third-order valence-electron chi connectivity index (χ3n) is 4.44. The highest BCUT2D eigenvalue weighted by Crippen LogP contribution is 2.26. The number of methoxy groups -OCH3 is 1. The molecular formula is C18H22N4O4S. The summed E-state index contributed by atoms with van der Waals surface area (Å²) in [5.41, 5.74) is 2.13. The zero-order chi connectivity index (χ0) is 19.6. The van der Waals surface area contributed by atoms with E-state index in [1.807, 2.05) is 30.3 Å². The van der Waals surface area contributed by atoms with Crippen LogP contribution in [0, 0.1) is 5.92 Å². The van der Waals surface area contributed by atoms with E-state index in [1.165, 1.54) is 13.2 Å². The summed E-state index contributed by atoms with van der Waals surface area (Å²) in [7, 11) is -2.57. The number of benzene rings is 1. The molecule has 0 N–H and O–H groups in total. The Labute approximate surface area is 158 Å². The van der Waals surface area contributed by atoms with Gasteiger partial charge in [-0.15, -0.1) is 5.10 Å². The fourth-order valence-electron chi connectivity index (χ4n) is 3.09. The molecule has 0 unspecified atom stereocenters. The predicted octanol–water partition coefficient (Wildman–Crippen LogP) is 1.64. The maximum Gasteiger partial charge on any atom is 0.324 e. The summed E-state index contributed by atoms with van der Waals surface area (Å²) in [6.45, 7) is 3.98. The molecule has 0 amide bonds. The van der Waals surface area contributed by atoms with Gasteiger partial charge in [0, 0.05) is 5.41 Å². The molecule has 1 aromatic carbocycles. The van der Waals surface area contributed by atoms with Crippen molar-refractivity contribution in [1.82, 2.24) is 19.3 Å². The molecule has 0 fully saturated rings.